The first-order valence-electron chi connectivity index (χ1n) is 6.89. The molecule has 2 rings (SSSR count). The van der Waals surface area contributed by atoms with Gasteiger partial charge >= 0.3 is 5.97 Å². The predicted octanol–water partition coefficient (Wildman–Crippen LogP) is 4.21. The van der Waals surface area contributed by atoms with Gasteiger partial charge in [-0.1, -0.05) is 24.6 Å². The van der Waals surface area contributed by atoms with Gasteiger partial charge in [-0.05, 0) is 43.8 Å². The van der Waals surface area contributed by atoms with E-state index >= 15 is 0 Å². The third-order valence-corrected chi connectivity index (χ3v) is 4.47. The number of thiophene rings is 1. The number of ether oxygens (including phenoxy) is 1. The van der Waals surface area contributed by atoms with Gasteiger partial charge in [0.05, 0.1) is 12.7 Å². The Morgan fingerprint density at radius 2 is 1.95 bits per heavy atom. The molecule has 1 aromatic heterocycles. The van der Waals surface area contributed by atoms with Crippen molar-refractivity contribution in [2.45, 2.75) is 20.3 Å². The molecule has 0 saturated heterocycles. The highest BCUT2D eigenvalue weighted by Gasteiger charge is 2.17. The van der Waals surface area contributed by atoms with Crippen molar-refractivity contribution in [1.29, 1.82) is 0 Å². The van der Waals surface area contributed by atoms with Crippen LogP contribution in [0.2, 0.25) is 0 Å². The van der Waals surface area contributed by atoms with E-state index in [0.717, 1.165) is 17.0 Å². The van der Waals surface area contributed by atoms with Gasteiger partial charge in [0, 0.05) is 10.6 Å². The minimum atomic E-state index is -0.364. The zero-order chi connectivity index (χ0) is 16.1. The maximum atomic E-state index is 11.8. The van der Waals surface area contributed by atoms with Crippen LogP contribution in [0.4, 0.5) is 10.7 Å². The Morgan fingerprint density at radius 3 is 2.55 bits per heavy atom. The summed E-state index contributed by atoms with van der Waals surface area (Å²) in [5, 5.41) is 7.33. The van der Waals surface area contributed by atoms with Crippen LogP contribution in [-0.2, 0) is 11.2 Å². The molecule has 6 heteroatoms. The number of hydrogen-bond acceptors (Lipinski definition) is 4. The second-order valence-corrected chi connectivity index (χ2v) is 6.29. The fourth-order valence-corrected chi connectivity index (χ4v) is 3.15. The first kappa shape index (κ1) is 16.5. The van der Waals surface area contributed by atoms with E-state index in [1.54, 1.807) is 0 Å². The molecule has 116 valence electrons. The summed E-state index contributed by atoms with van der Waals surface area (Å²) in [5.74, 6) is -0.364. The van der Waals surface area contributed by atoms with Gasteiger partial charge in [-0.25, -0.2) is 4.79 Å². The third-order valence-electron chi connectivity index (χ3n) is 3.07. The maximum absolute atomic E-state index is 11.8. The quantitative estimate of drug-likeness (QED) is 0.648. The fraction of sp³-hybridized carbons (Fsp3) is 0.250. The van der Waals surface area contributed by atoms with Gasteiger partial charge in [0.15, 0.2) is 5.11 Å². The van der Waals surface area contributed by atoms with Crippen LogP contribution >= 0.6 is 23.6 Å². The standard InChI is InChI=1S/C16H18N2O2S2/c1-4-12-9-13(15(19)20-3)14(22-12)18-16(21)17-11-7-5-10(2)6-8-11/h5-9H,4H2,1-3H3,(H2,17,18,21). The average molecular weight is 334 g/mol. The van der Waals surface area contributed by atoms with Gasteiger partial charge in [0.2, 0.25) is 0 Å². The molecule has 0 spiro atoms. The molecule has 22 heavy (non-hydrogen) atoms. The van der Waals surface area contributed by atoms with Crippen molar-refractivity contribution < 1.29 is 9.53 Å². The molecule has 0 aliphatic carbocycles. The van der Waals surface area contributed by atoms with Gasteiger partial charge in [0.25, 0.3) is 0 Å². The van der Waals surface area contributed by atoms with E-state index in [9.17, 15) is 4.79 Å². The molecule has 1 aromatic carbocycles. The molecule has 1 heterocycles. The van der Waals surface area contributed by atoms with E-state index in [1.165, 1.54) is 24.0 Å². The van der Waals surface area contributed by atoms with Gasteiger partial charge in [0.1, 0.15) is 5.00 Å². The Hall–Kier alpha value is -1.92. The SMILES string of the molecule is CCc1cc(C(=O)OC)c(NC(=S)Nc2ccc(C)cc2)s1. The van der Waals surface area contributed by atoms with E-state index in [2.05, 4.69) is 10.6 Å². The normalized spacial score (nSPS) is 10.1. The molecule has 0 radical (unpaired) electrons. The number of hydrogen-bond donors (Lipinski definition) is 2. The highest BCUT2D eigenvalue weighted by atomic mass is 32.1. The lowest BCUT2D eigenvalue weighted by atomic mass is 10.2. The molecule has 2 N–H and O–H groups in total. The minimum absolute atomic E-state index is 0.364. The summed E-state index contributed by atoms with van der Waals surface area (Å²) in [6.45, 7) is 4.07. The molecule has 0 aliphatic rings. The molecule has 0 amide bonds. The molecule has 0 aliphatic heterocycles. The fourth-order valence-electron chi connectivity index (χ4n) is 1.87. The Kier molecular flexibility index (Phi) is 5.51. The summed E-state index contributed by atoms with van der Waals surface area (Å²) >= 11 is 6.82. The van der Waals surface area contributed by atoms with Crippen molar-refractivity contribution in [2.24, 2.45) is 0 Å². The van der Waals surface area contributed by atoms with Crippen molar-refractivity contribution in [3.63, 3.8) is 0 Å². The summed E-state index contributed by atoms with van der Waals surface area (Å²) in [6, 6.07) is 9.76. The van der Waals surface area contributed by atoms with Crippen molar-refractivity contribution in [3.05, 3.63) is 46.3 Å². The first-order valence-corrected chi connectivity index (χ1v) is 8.11. The van der Waals surface area contributed by atoms with E-state index < -0.39 is 0 Å². The van der Waals surface area contributed by atoms with Crippen LogP contribution in [0.3, 0.4) is 0 Å². The third kappa shape index (κ3) is 4.05. The van der Waals surface area contributed by atoms with Crippen molar-refractivity contribution >= 4 is 45.3 Å². The molecule has 0 saturated carbocycles. The van der Waals surface area contributed by atoms with Crippen molar-refractivity contribution in [3.8, 4) is 0 Å². The second kappa shape index (κ2) is 7.38. The molecule has 0 unspecified atom stereocenters. The van der Waals surface area contributed by atoms with Crippen LogP contribution in [0.25, 0.3) is 0 Å². The molecular weight excluding hydrogens is 316 g/mol. The summed E-state index contributed by atoms with van der Waals surface area (Å²) in [7, 11) is 1.37. The topological polar surface area (TPSA) is 50.4 Å². The first-order chi connectivity index (χ1) is 10.5. The highest BCUT2D eigenvalue weighted by Crippen LogP contribution is 2.29. The smallest absolute Gasteiger partial charge is 0.340 e. The molecule has 0 bridgehead atoms. The van der Waals surface area contributed by atoms with Crippen molar-refractivity contribution in [1.82, 2.24) is 0 Å². The van der Waals surface area contributed by atoms with E-state index in [4.69, 9.17) is 17.0 Å². The zero-order valence-electron chi connectivity index (χ0n) is 12.7. The number of rotatable bonds is 4. The summed E-state index contributed by atoms with van der Waals surface area (Å²) in [5.41, 5.74) is 2.59. The number of aryl methyl sites for hydroxylation is 2. The van der Waals surface area contributed by atoms with Crippen LogP contribution in [0.15, 0.2) is 30.3 Å². The predicted molar refractivity (Wildman–Crippen MR) is 96.1 cm³/mol. The zero-order valence-corrected chi connectivity index (χ0v) is 14.4. The van der Waals surface area contributed by atoms with Crippen LogP contribution in [-0.4, -0.2) is 18.2 Å². The molecule has 4 nitrogen and oxygen atoms in total. The van der Waals surface area contributed by atoms with Crippen LogP contribution < -0.4 is 10.6 Å². The number of carbonyl (C=O) groups excluding carboxylic acids is 1. The lowest BCUT2D eigenvalue weighted by Crippen LogP contribution is -2.19. The number of benzene rings is 1. The Labute approximate surface area is 139 Å². The Bertz CT molecular complexity index is 678. The number of thiocarbonyl (C=S) groups is 1. The van der Waals surface area contributed by atoms with E-state index in [0.29, 0.717) is 15.7 Å². The van der Waals surface area contributed by atoms with Gasteiger partial charge in [-0.15, -0.1) is 11.3 Å². The number of methoxy groups -OCH3 is 1. The molecule has 0 atom stereocenters. The highest BCUT2D eigenvalue weighted by molar-refractivity contribution is 7.80. The largest absolute Gasteiger partial charge is 0.465 e. The summed E-state index contributed by atoms with van der Waals surface area (Å²) in [4.78, 5) is 12.9. The van der Waals surface area contributed by atoms with E-state index in [1.807, 2.05) is 44.2 Å². The monoisotopic (exact) mass is 334 g/mol. The van der Waals surface area contributed by atoms with Crippen LogP contribution in [0.1, 0.15) is 27.7 Å². The number of anilines is 2. The minimum Gasteiger partial charge on any atom is -0.465 e. The molecular formula is C16H18N2O2S2. The van der Waals surface area contributed by atoms with Gasteiger partial charge in [-0.3, -0.25) is 0 Å². The van der Waals surface area contributed by atoms with Crippen molar-refractivity contribution in [2.75, 3.05) is 17.7 Å². The summed E-state index contributed by atoms with van der Waals surface area (Å²) < 4.78 is 4.81. The lowest BCUT2D eigenvalue weighted by Gasteiger charge is -2.10. The number of nitrogens with one attached hydrogen (secondary N) is 2. The van der Waals surface area contributed by atoms with Gasteiger partial charge in [-0.2, -0.15) is 0 Å². The molecule has 2 aromatic rings. The van der Waals surface area contributed by atoms with Crippen LogP contribution in [0.5, 0.6) is 0 Å². The summed E-state index contributed by atoms with van der Waals surface area (Å²) in [6.07, 6.45) is 0.856. The van der Waals surface area contributed by atoms with Gasteiger partial charge < -0.3 is 15.4 Å². The second-order valence-electron chi connectivity index (χ2n) is 4.75. The Morgan fingerprint density at radius 1 is 1.27 bits per heavy atom. The average Bonchev–Trinajstić information content (AvgIpc) is 2.91. The number of esters is 1. The van der Waals surface area contributed by atoms with Crippen LogP contribution in [0, 0.1) is 6.92 Å². The van der Waals surface area contributed by atoms with E-state index in [-0.39, 0.29) is 5.97 Å². The molecule has 0 fully saturated rings. The number of carbonyl (C=O) groups is 1. The maximum Gasteiger partial charge on any atom is 0.340 e. The Balaban J connectivity index is 2.12. The lowest BCUT2D eigenvalue weighted by molar-refractivity contribution is 0.0602.